The minimum atomic E-state index is -0.231. The van der Waals surface area contributed by atoms with Gasteiger partial charge in [0.25, 0.3) is 0 Å². The summed E-state index contributed by atoms with van der Waals surface area (Å²) in [7, 11) is 1.55. The van der Waals surface area contributed by atoms with Crippen LogP contribution in [-0.2, 0) is 6.42 Å². The summed E-state index contributed by atoms with van der Waals surface area (Å²) in [5, 5.41) is 7.91. The number of nitrogen functional groups attached to an aromatic ring is 1. The molecule has 0 aliphatic carbocycles. The molecule has 1 atom stereocenters. The van der Waals surface area contributed by atoms with Gasteiger partial charge in [-0.25, -0.2) is 4.98 Å². The smallest absolute Gasteiger partial charge is 0.233 e. The van der Waals surface area contributed by atoms with Crippen molar-refractivity contribution in [3.63, 3.8) is 0 Å². The molecule has 0 saturated heterocycles. The number of ether oxygens (including phenoxy) is 1. The highest BCUT2D eigenvalue weighted by Crippen LogP contribution is 2.15. The molecule has 0 aliphatic rings. The molecule has 94 valence electrons. The van der Waals surface area contributed by atoms with Crippen LogP contribution in [-0.4, -0.2) is 22.3 Å². The van der Waals surface area contributed by atoms with Crippen molar-refractivity contribution in [3.05, 3.63) is 41.7 Å². The summed E-state index contributed by atoms with van der Waals surface area (Å²) >= 11 is 0. The summed E-state index contributed by atoms with van der Waals surface area (Å²) in [6.45, 7) is 0. The monoisotopic (exact) mass is 245 g/mol. The second-order valence-electron chi connectivity index (χ2n) is 3.90. The van der Waals surface area contributed by atoms with Gasteiger partial charge >= 0.3 is 0 Å². The Hall–Kier alpha value is -2.21. The van der Waals surface area contributed by atoms with Crippen LogP contribution in [0.15, 0.2) is 30.5 Å². The van der Waals surface area contributed by atoms with Crippen molar-refractivity contribution in [2.75, 3.05) is 12.8 Å². The molecule has 0 radical (unpaired) electrons. The van der Waals surface area contributed by atoms with Crippen LogP contribution < -0.4 is 16.2 Å². The van der Waals surface area contributed by atoms with Gasteiger partial charge in [0.1, 0.15) is 5.82 Å². The minimum absolute atomic E-state index is 0.231. The SMILES string of the molecule is COc1ccc(C(N)Cc2ccnc(N)c2)nn1. The normalized spacial score (nSPS) is 12.1. The van der Waals surface area contributed by atoms with Gasteiger partial charge < -0.3 is 16.2 Å². The van der Waals surface area contributed by atoms with Gasteiger partial charge in [-0.05, 0) is 30.2 Å². The number of nitrogens with zero attached hydrogens (tertiary/aromatic N) is 3. The summed E-state index contributed by atoms with van der Waals surface area (Å²) in [5.74, 6) is 0.958. The molecule has 2 heterocycles. The second-order valence-corrected chi connectivity index (χ2v) is 3.90. The van der Waals surface area contributed by atoms with E-state index in [2.05, 4.69) is 15.2 Å². The first-order valence-electron chi connectivity index (χ1n) is 5.52. The fraction of sp³-hybridized carbons (Fsp3) is 0.250. The molecular weight excluding hydrogens is 230 g/mol. The lowest BCUT2D eigenvalue weighted by Crippen LogP contribution is -2.15. The van der Waals surface area contributed by atoms with E-state index >= 15 is 0 Å². The van der Waals surface area contributed by atoms with Crippen molar-refractivity contribution >= 4 is 5.82 Å². The van der Waals surface area contributed by atoms with E-state index in [1.54, 1.807) is 31.5 Å². The van der Waals surface area contributed by atoms with E-state index < -0.39 is 0 Å². The molecule has 0 fully saturated rings. The van der Waals surface area contributed by atoms with Gasteiger partial charge in [0.15, 0.2) is 0 Å². The number of anilines is 1. The van der Waals surface area contributed by atoms with Crippen molar-refractivity contribution in [1.29, 1.82) is 0 Å². The molecule has 0 aromatic carbocycles. The zero-order valence-electron chi connectivity index (χ0n) is 10.1. The van der Waals surface area contributed by atoms with E-state index in [0.29, 0.717) is 23.8 Å². The Bertz CT molecular complexity index is 514. The predicted molar refractivity (Wildman–Crippen MR) is 67.9 cm³/mol. The molecule has 6 heteroatoms. The maximum Gasteiger partial charge on any atom is 0.233 e. The lowest BCUT2D eigenvalue weighted by molar-refractivity contribution is 0.390. The molecule has 6 nitrogen and oxygen atoms in total. The summed E-state index contributed by atoms with van der Waals surface area (Å²) in [6, 6.07) is 7.00. The Morgan fingerprint density at radius 3 is 2.72 bits per heavy atom. The average molecular weight is 245 g/mol. The van der Waals surface area contributed by atoms with Crippen LogP contribution in [0.25, 0.3) is 0 Å². The van der Waals surface area contributed by atoms with Gasteiger partial charge in [-0.15, -0.1) is 5.10 Å². The van der Waals surface area contributed by atoms with E-state index in [4.69, 9.17) is 16.2 Å². The van der Waals surface area contributed by atoms with Crippen molar-refractivity contribution in [1.82, 2.24) is 15.2 Å². The van der Waals surface area contributed by atoms with Crippen molar-refractivity contribution in [3.8, 4) is 5.88 Å². The Balaban J connectivity index is 2.09. The third kappa shape index (κ3) is 2.92. The largest absolute Gasteiger partial charge is 0.480 e. The number of pyridine rings is 1. The van der Waals surface area contributed by atoms with Crippen LogP contribution in [0.5, 0.6) is 5.88 Å². The molecule has 2 aromatic rings. The number of rotatable bonds is 4. The number of hydrogen-bond donors (Lipinski definition) is 2. The van der Waals surface area contributed by atoms with Gasteiger partial charge in [0.2, 0.25) is 5.88 Å². The minimum Gasteiger partial charge on any atom is -0.480 e. The average Bonchev–Trinajstić information content (AvgIpc) is 2.39. The van der Waals surface area contributed by atoms with Gasteiger partial charge in [-0.3, -0.25) is 0 Å². The first kappa shape index (κ1) is 12.3. The highest BCUT2D eigenvalue weighted by molar-refractivity contribution is 5.32. The van der Waals surface area contributed by atoms with E-state index in [-0.39, 0.29) is 6.04 Å². The molecule has 4 N–H and O–H groups in total. The van der Waals surface area contributed by atoms with Crippen LogP contribution in [0.2, 0.25) is 0 Å². The van der Waals surface area contributed by atoms with Crippen molar-refractivity contribution in [2.24, 2.45) is 5.73 Å². The lowest BCUT2D eigenvalue weighted by Gasteiger charge is -2.10. The Morgan fingerprint density at radius 2 is 2.11 bits per heavy atom. The third-order valence-electron chi connectivity index (χ3n) is 2.55. The molecule has 0 aliphatic heterocycles. The molecule has 0 saturated carbocycles. The van der Waals surface area contributed by atoms with Crippen LogP contribution >= 0.6 is 0 Å². The highest BCUT2D eigenvalue weighted by Gasteiger charge is 2.10. The summed E-state index contributed by atoms with van der Waals surface area (Å²) < 4.78 is 4.94. The second kappa shape index (κ2) is 5.42. The Morgan fingerprint density at radius 1 is 1.28 bits per heavy atom. The quantitative estimate of drug-likeness (QED) is 0.822. The lowest BCUT2D eigenvalue weighted by atomic mass is 10.0. The number of aromatic nitrogens is 3. The maximum absolute atomic E-state index is 6.06. The number of nitrogens with two attached hydrogens (primary N) is 2. The van der Waals surface area contributed by atoms with Crippen LogP contribution in [0, 0.1) is 0 Å². The van der Waals surface area contributed by atoms with E-state index in [9.17, 15) is 0 Å². The van der Waals surface area contributed by atoms with Crippen molar-refractivity contribution < 1.29 is 4.74 Å². The van der Waals surface area contributed by atoms with E-state index in [0.717, 1.165) is 5.56 Å². The topological polar surface area (TPSA) is 99.9 Å². The summed E-state index contributed by atoms with van der Waals surface area (Å²) in [5.41, 5.74) is 13.4. The van der Waals surface area contributed by atoms with Crippen molar-refractivity contribution in [2.45, 2.75) is 12.5 Å². The van der Waals surface area contributed by atoms with Crippen LogP contribution in [0.3, 0.4) is 0 Å². The molecule has 2 aromatic heterocycles. The zero-order valence-corrected chi connectivity index (χ0v) is 10.1. The van der Waals surface area contributed by atoms with Gasteiger partial charge in [-0.2, -0.15) is 5.10 Å². The third-order valence-corrected chi connectivity index (χ3v) is 2.55. The molecule has 1 unspecified atom stereocenters. The van der Waals surface area contributed by atoms with Gasteiger partial charge in [0, 0.05) is 12.3 Å². The molecule has 0 bridgehead atoms. The van der Waals surface area contributed by atoms with E-state index in [1.165, 1.54) is 0 Å². The summed E-state index contributed by atoms with van der Waals surface area (Å²) in [4.78, 5) is 3.93. The Kier molecular flexibility index (Phi) is 3.69. The predicted octanol–water partition coefficient (Wildman–Crippen LogP) is 0.705. The fourth-order valence-corrected chi connectivity index (χ4v) is 1.62. The standard InChI is InChI=1S/C12H15N5O/c1-18-12-3-2-10(16-17-12)9(13)6-8-4-5-15-11(14)7-8/h2-5,7,9H,6,13H2,1H3,(H2,14,15). The molecule has 0 amide bonds. The number of hydrogen-bond acceptors (Lipinski definition) is 6. The highest BCUT2D eigenvalue weighted by atomic mass is 16.5. The molecule has 0 spiro atoms. The molecule has 18 heavy (non-hydrogen) atoms. The van der Waals surface area contributed by atoms with E-state index in [1.807, 2.05) is 6.07 Å². The number of methoxy groups -OCH3 is 1. The first-order chi connectivity index (χ1) is 8.69. The molecule has 2 rings (SSSR count). The Labute approximate surface area is 105 Å². The van der Waals surface area contributed by atoms with Crippen LogP contribution in [0.1, 0.15) is 17.3 Å². The fourth-order valence-electron chi connectivity index (χ4n) is 1.62. The first-order valence-corrected chi connectivity index (χ1v) is 5.52. The molecular formula is C12H15N5O. The van der Waals surface area contributed by atoms with Gasteiger partial charge in [-0.1, -0.05) is 0 Å². The zero-order chi connectivity index (χ0) is 13.0. The van der Waals surface area contributed by atoms with Gasteiger partial charge in [0.05, 0.1) is 18.8 Å². The van der Waals surface area contributed by atoms with Crippen LogP contribution in [0.4, 0.5) is 5.82 Å². The summed E-state index contributed by atoms with van der Waals surface area (Å²) in [6.07, 6.45) is 2.30. The maximum atomic E-state index is 6.06.